The van der Waals surface area contributed by atoms with Gasteiger partial charge < -0.3 is 15.5 Å². The molecule has 0 saturated heterocycles. The number of amides is 2. The van der Waals surface area contributed by atoms with Gasteiger partial charge in [0.1, 0.15) is 5.01 Å². The first-order valence-electron chi connectivity index (χ1n) is 7.28. The molecule has 0 spiro atoms. The van der Waals surface area contributed by atoms with Gasteiger partial charge in [-0.3, -0.25) is 0 Å². The molecule has 2 amide bonds. The number of urea groups is 1. The maximum absolute atomic E-state index is 12.0. The molecular weight excluding hydrogens is 296 g/mol. The van der Waals surface area contributed by atoms with Crippen molar-refractivity contribution in [2.24, 2.45) is 0 Å². The van der Waals surface area contributed by atoms with Crippen LogP contribution < -0.4 is 15.5 Å². The van der Waals surface area contributed by atoms with Crippen LogP contribution >= 0.6 is 11.3 Å². The van der Waals surface area contributed by atoms with E-state index in [2.05, 4.69) is 27.4 Å². The summed E-state index contributed by atoms with van der Waals surface area (Å²) in [7, 11) is 2.02. The van der Waals surface area contributed by atoms with Crippen molar-refractivity contribution in [3.63, 3.8) is 0 Å². The number of carbonyl (C=O) groups is 1. The fourth-order valence-corrected chi connectivity index (χ4v) is 2.82. The summed E-state index contributed by atoms with van der Waals surface area (Å²) in [4.78, 5) is 19.7. The first-order chi connectivity index (χ1) is 10.5. The van der Waals surface area contributed by atoms with Crippen LogP contribution in [0.2, 0.25) is 0 Å². The molecular formula is C16H22N4OS. The molecule has 1 aromatic heterocycles. The van der Waals surface area contributed by atoms with Crippen LogP contribution in [0.5, 0.6) is 0 Å². The van der Waals surface area contributed by atoms with Crippen molar-refractivity contribution in [1.29, 1.82) is 0 Å². The van der Waals surface area contributed by atoms with Crippen molar-refractivity contribution in [1.82, 2.24) is 10.3 Å². The van der Waals surface area contributed by atoms with Crippen molar-refractivity contribution in [2.45, 2.75) is 27.3 Å². The minimum absolute atomic E-state index is 0.221. The third-order valence-electron chi connectivity index (χ3n) is 3.49. The zero-order valence-electron chi connectivity index (χ0n) is 13.4. The van der Waals surface area contributed by atoms with E-state index in [0.717, 1.165) is 28.6 Å². The van der Waals surface area contributed by atoms with Crippen LogP contribution in [0.25, 0.3) is 0 Å². The Morgan fingerprint density at radius 3 is 2.77 bits per heavy atom. The van der Waals surface area contributed by atoms with E-state index < -0.39 is 0 Å². The largest absolute Gasteiger partial charge is 0.375 e. The van der Waals surface area contributed by atoms with Crippen molar-refractivity contribution < 1.29 is 4.79 Å². The van der Waals surface area contributed by atoms with Gasteiger partial charge in [-0.05, 0) is 39.0 Å². The van der Waals surface area contributed by atoms with E-state index in [4.69, 9.17) is 0 Å². The second-order valence-electron chi connectivity index (χ2n) is 5.12. The van der Waals surface area contributed by atoms with E-state index in [9.17, 15) is 4.79 Å². The molecule has 5 nitrogen and oxygen atoms in total. The first-order valence-corrected chi connectivity index (χ1v) is 8.10. The summed E-state index contributed by atoms with van der Waals surface area (Å²) in [5, 5.41) is 6.61. The number of aromatic nitrogens is 1. The molecule has 1 heterocycles. The number of hydrogen-bond donors (Lipinski definition) is 2. The Balaban J connectivity index is 1.91. The minimum Gasteiger partial charge on any atom is -0.375 e. The van der Waals surface area contributed by atoms with Crippen molar-refractivity contribution in [3.05, 3.63) is 39.8 Å². The number of hydrogen-bond acceptors (Lipinski definition) is 4. The number of nitrogens with zero attached hydrogens (tertiary/aromatic N) is 2. The molecule has 0 saturated carbocycles. The van der Waals surface area contributed by atoms with Gasteiger partial charge in [0.15, 0.2) is 0 Å². The predicted molar refractivity (Wildman–Crippen MR) is 92.8 cm³/mol. The van der Waals surface area contributed by atoms with Crippen molar-refractivity contribution in [3.8, 4) is 0 Å². The van der Waals surface area contributed by atoms with Crippen molar-refractivity contribution >= 4 is 28.7 Å². The zero-order valence-corrected chi connectivity index (χ0v) is 14.3. The molecule has 2 rings (SSSR count). The number of benzene rings is 1. The van der Waals surface area contributed by atoms with Crippen LogP contribution in [-0.2, 0) is 6.54 Å². The van der Waals surface area contributed by atoms with E-state index >= 15 is 0 Å². The molecule has 2 aromatic rings. The Bertz CT molecular complexity index is 634. The second kappa shape index (κ2) is 7.26. The summed E-state index contributed by atoms with van der Waals surface area (Å²) in [6.07, 6.45) is 0. The zero-order chi connectivity index (χ0) is 16.1. The van der Waals surface area contributed by atoms with E-state index in [1.807, 2.05) is 45.2 Å². The highest BCUT2D eigenvalue weighted by molar-refractivity contribution is 7.11. The molecule has 0 fully saturated rings. The molecule has 0 aliphatic carbocycles. The van der Waals surface area contributed by atoms with Gasteiger partial charge >= 0.3 is 6.03 Å². The number of aryl methyl sites for hydroxylation is 2. The summed E-state index contributed by atoms with van der Waals surface area (Å²) in [5.74, 6) is 0. The molecule has 6 heteroatoms. The number of carbonyl (C=O) groups excluding carboxylic acids is 1. The van der Waals surface area contributed by atoms with Crippen LogP contribution in [0.4, 0.5) is 16.2 Å². The molecule has 0 bridgehead atoms. The van der Waals surface area contributed by atoms with Gasteiger partial charge in [0.25, 0.3) is 0 Å². The lowest BCUT2D eigenvalue weighted by Crippen LogP contribution is -2.28. The number of rotatable bonds is 5. The van der Waals surface area contributed by atoms with Gasteiger partial charge in [-0.2, -0.15) is 0 Å². The Labute approximate surface area is 135 Å². The molecule has 0 aliphatic heterocycles. The normalized spacial score (nSPS) is 10.4. The molecule has 1 aromatic carbocycles. The fourth-order valence-electron chi connectivity index (χ4n) is 1.95. The lowest BCUT2D eigenvalue weighted by atomic mass is 10.2. The predicted octanol–water partition coefficient (Wildman–Crippen LogP) is 3.54. The van der Waals surface area contributed by atoms with Gasteiger partial charge in [-0.15, -0.1) is 11.3 Å². The average molecular weight is 318 g/mol. The van der Waals surface area contributed by atoms with Crippen LogP contribution in [0.1, 0.15) is 22.5 Å². The van der Waals surface area contributed by atoms with E-state index in [0.29, 0.717) is 6.54 Å². The number of nitrogens with one attached hydrogen (secondary N) is 2. The molecule has 0 atom stereocenters. The Morgan fingerprint density at radius 2 is 2.14 bits per heavy atom. The standard InChI is InChI=1S/C16H22N4OS/c1-5-20(4)14-8-6-7-13(9-14)19-16(21)17-10-15-18-11(2)12(3)22-15/h6-9H,5,10H2,1-4H3,(H2,17,19,21). The van der Waals surface area contributed by atoms with E-state index in [-0.39, 0.29) is 6.03 Å². The second-order valence-corrected chi connectivity index (χ2v) is 6.41. The first kappa shape index (κ1) is 16.3. The summed E-state index contributed by atoms with van der Waals surface area (Å²) in [5.41, 5.74) is 2.88. The summed E-state index contributed by atoms with van der Waals surface area (Å²) in [6.45, 7) is 7.46. The van der Waals surface area contributed by atoms with E-state index in [1.54, 1.807) is 11.3 Å². The van der Waals surface area contributed by atoms with Crippen molar-refractivity contribution in [2.75, 3.05) is 23.8 Å². The molecule has 0 radical (unpaired) electrons. The highest BCUT2D eigenvalue weighted by atomic mass is 32.1. The minimum atomic E-state index is -0.221. The lowest BCUT2D eigenvalue weighted by Gasteiger charge is -2.17. The number of thiazole rings is 1. The molecule has 0 unspecified atom stereocenters. The maximum Gasteiger partial charge on any atom is 0.319 e. The summed E-state index contributed by atoms with van der Waals surface area (Å²) < 4.78 is 0. The van der Waals surface area contributed by atoms with Crippen LogP contribution in [0.15, 0.2) is 24.3 Å². The molecule has 2 N–H and O–H groups in total. The van der Waals surface area contributed by atoms with Gasteiger partial charge in [0, 0.05) is 29.8 Å². The van der Waals surface area contributed by atoms with Gasteiger partial charge in [0.2, 0.25) is 0 Å². The maximum atomic E-state index is 12.0. The van der Waals surface area contributed by atoms with Crippen LogP contribution in [0, 0.1) is 13.8 Å². The monoisotopic (exact) mass is 318 g/mol. The smallest absolute Gasteiger partial charge is 0.319 e. The highest BCUT2D eigenvalue weighted by Crippen LogP contribution is 2.18. The number of anilines is 2. The quantitative estimate of drug-likeness (QED) is 0.886. The Kier molecular flexibility index (Phi) is 5.38. The SMILES string of the molecule is CCN(C)c1cccc(NC(=O)NCc2nc(C)c(C)s2)c1. The summed E-state index contributed by atoms with van der Waals surface area (Å²) >= 11 is 1.61. The lowest BCUT2D eigenvalue weighted by molar-refractivity contribution is 0.251. The highest BCUT2D eigenvalue weighted by Gasteiger charge is 2.07. The van der Waals surface area contributed by atoms with Gasteiger partial charge in [-0.1, -0.05) is 6.07 Å². The van der Waals surface area contributed by atoms with Crippen LogP contribution in [-0.4, -0.2) is 24.6 Å². The van der Waals surface area contributed by atoms with Gasteiger partial charge in [0.05, 0.1) is 12.2 Å². The fraction of sp³-hybridized carbons (Fsp3) is 0.375. The molecule has 22 heavy (non-hydrogen) atoms. The summed E-state index contributed by atoms with van der Waals surface area (Å²) in [6, 6.07) is 7.57. The Morgan fingerprint density at radius 1 is 1.36 bits per heavy atom. The molecule has 118 valence electrons. The topological polar surface area (TPSA) is 57.3 Å². The van der Waals surface area contributed by atoms with E-state index in [1.165, 1.54) is 4.88 Å². The Hall–Kier alpha value is -2.08. The third-order valence-corrected chi connectivity index (χ3v) is 4.56. The average Bonchev–Trinajstić information content (AvgIpc) is 2.83. The van der Waals surface area contributed by atoms with Crippen LogP contribution in [0.3, 0.4) is 0 Å². The molecule has 0 aliphatic rings. The van der Waals surface area contributed by atoms with Gasteiger partial charge in [-0.25, -0.2) is 9.78 Å². The third kappa shape index (κ3) is 4.21.